The van der Waals surface area contributed by atoms with Crippen LogP contribution in [0.3, 0.4) is 0 Å². The van der Waals surface area contributed by atoms with Crippen molar-refractivity contribution >= 4 is 11.6 Å². The molecule has 4 heteroatoms. The van der Waals surface area contributed by atoms with Gasteiger partial charge in [0, 0.05) is 31.4 Å². The molecule has 1 atom stereocenters. The van der Waals surface area contributed by atoms with Crippen molar-refractivity contribution in [3.05, 3.63) is 29.8 Å². The van der Waals surface area contributed by atoms with Crippen LogP contribution in [0.15, 0.2) is 24.3 Å². The van der Waals surface area contributed by atoms with Crippen LogP contribution < -0.4 is 10.2 Å². The Morgan fingerprint density at radius 2 is 1.90 bits per heavy atom. The average molecular weight is 292 g/mol. The lowest BCUT2D eigenvalue weighted by Gasteiger charge is -2.18. The van der Waals surface area contributed by atoms with Crippen LogP contribution >= 0.6 is 0 Å². The van der Waals surface area contributed by atoms with Gasteiger partial charge in [0.2, 0.25) is 0 Å². The molecule has 0 fully saturated rings. The van der Waals surface area contributed by atoms with Crippen LogP contribution in [-0.2, 0) is 0 Å². The molecular formula is C17H28N2O2. The first kappa shape index (κ1) is 17.5. The molecule has 118 valence electrons. The highest BCUT2D eigenvalue weighted by atomic mass is 16.3. The molecule has 0 aliphatic heterocycles. The number of aliphatic hydroxyl groups is 1. The number of nitrogens with one attached hydrogen (secondary N) is 1. The summed E-state index contributed by atoms with van der Waals surface area (Å²) in [6.45, 7) is 7.58. The maximum Gasteiger partial charge on any atom is 0.251 e. The Morgan fingerprint density at radius 3 is 2.43 bits per heavy atom. The fourth-order valence-electron chi connectivity index (χ4n) is 2.10. The molecule has 0 saturated heterocycles. The second kappa shape index (κ2) is 8.67. The normalized spacial score (nSPS) is 12.3. The number of carbonyl (C=O) groups excluding carboxylic acids is 1. The van der Waals surface area contributed by atoms with Gasteiger partial charge >= 0.3 is 0 Å². The molecule has 0 radical (unpaired) electrons. The number of carbonyl (C=O) groups is 1. The highest BCUT2D eigenvalue weighted by molar-refractivity contribution is 5.94. The molecule has 0 bridgehead atoms. The van der Waals surface area contributed by atoms with Crippen molar-refractivity contribution in [3.8, 4) is 0 Å². The van der Waals surface area contributed by atoms with Crippen LogP contribution in [0.2, 0.25) is 0 Å². The van der Waals surface area contributed by atoms with Gasteiger partial charge in [-0.15, -0.1) is 0 Å². The third kappa shape index (κ3) is 5.76. The predicted octanol–water partition coefficient (Wildman–Crippen LogP) is 2.67. The van der Waals surface area contributed by atoms with Gasteiger partial charge in [0.15, 0.2) is 0 Å². The van der Waals surface area contributed by atoms with Gasteiger partial charge in [-0.3, -0.25) is 4.79 Å². The Bertz CT molecular complexity index is 429. The standard InChI is InChI=1S/C17H28N2O2/c1-5-12-19(4)15-8-6-14(7-9-15)17(21)18-11-10-16(20)13(2)3/h6-9,13,16,20H,5,10-12H2,1-4H3,(H,18,21). The SMILES string of the molecule is CCCN(C)c1ccc(C(=O)NCCC(O)C(C)C)cc1. The minimum Gasteiger partial charge on any atom is -0.393 e. The lowest BCUT2D eigenvalue weighted by Crippen LogP contribution is -2.28. The number of aliphatic hydroxyl groups excluding tert-OH is 1. The fraction of sp³-hybridized carbons (Fsp3) is 0.588. The topological polar surface area (TPSA) is 52.6 Å². The third-order valence-corrected chi connectivity index (χ3v) is 3.62. The number of nitrogens with zero attached hydrogens (tertiary/aromatic N) is 1. The molecule has 0 aromatic heterocycles. The summed E-state index contributed by atoms with van der Waals surface area (Å²) < 4.78 is 0. The predicted molar refractivity (Wildman–Crippen MR) is 87.8 cm³/mol. The lowest BCUT2D eigenvalue weighted by molar-refractivity contribution is 0.0920. The van der Waals surface area contributed by atoms with E-state index in [9.17, 15) is 9.90 Å². The second-order valence-electron chi connectivity index (χ2n) is 5.82. The van der Waals surface area contributed by atoms with Gasteiger partial charge in [0.25, 0.3) is 5.91 Å². The summed E-state index contributed by atoms with van der Waals surface area (Å²) in [5, 5.41) is 12.5. The van der Waals surface area contributed by atoms with Gasteiger partial charge in [-0.1, -0.05) is 20.8 Å². The quantitative estimate of drug-likeness (QED) is 0.774. The molecule has 21 heavy (non-hydrogen) atoms. The Hall–Kier alpha value is -1.55. The highest BCUT2D eigenvalue weighted by Crippen LogP contribution is 2.14. The van der Waals surface area contributed by atoms with Gasteiger partial charge in [-0.25, -0.2) is 0 Å². The van der Waals surface area contributed by atoms with E-state index in [1.165, 1.54) is 0 Å². The van der Waals surface area contributed by atoms with Gasteiger partial charge in [0.1, 0.15) is 0 Å². The molecule has 1 amide bonds. The second-order valence-corrected chi connectivity index (χ2v) is 5.82. The van der Waals surface area contributed by atoms with Gasteiger partial charge in [-0.2, -0.15) is 0 Å². The summed E-state index contributed by atoms with van der Waals surface area (Å²) in [6.07, 6.45) is 1.31. The van der Waals surface area contributed by atoms with Gasteiger partial charge < -0.3 is 15.3 Å². The monoisotopic (exact) mass is 292 g/mol. The van der Waals surface area contributed by atoms with Crippen molar-refractivity contribution in [1.82, 2.24) is 5.32 Å². The van der Waals surface area contributed by atoms with Crippen LogP contribution in [-0.4, -0.2) is 37.3 Å². The van der Waals surface area contributed by atoms with E-state index in [0.29, 0.717) is 18.5 Å². The number of amides is 1. The van der Waals surface area contributed by atoms with E-state index in [0.717, 1.165) is 18.7 Å². The Balaban J connectivity index is 2.48. The minimum absolute atomic E-state index is 0.0874. The van der Waals surface area contributed by atoms with E-state index in [1.807, 2.05) is 45.2 Å². The molecule has 2 N–H and O–H groups in total. The zero-order valence-electron chi connectivity index (χ0n) is 13.6. The van der Waals surface area contributed by atoms with E-state index in [2.05, 4.69) is 17.1 Å². The van der Waals surface area contributed by atoms with Crippen LogP contribution in [0.1, 0.15) is 44.0 Å². The smallest absolute Gasteiger partial charge is 0.251 e. The Kier molecular flexibility index (Phi) is 7.23. The Labute approximate surface area is 128 Å². The highest BCUT2D eigenvalue weighted by Gasteiger charge is 2.10. The summed E-state index contributed by atoms with van der Waals surface area (Å²) >= 11 is 0. The Morgan fingerprint density at radius 1 is 1.29 bits per heavy atom. The van der Waals surface area contributed by atoms with E-state index < -0.39 is 0 Å². The zero-order valence-corrected chi connectivity index (χ0v) is 13.6. The average Bonchev–Trinajstić information content (AvgIpc) is 2.47. The molecule has 0 spiro atoms. The van der Waals surface area contributed by atoms with Crippen molar-refractivity contribution in [3.63, 3.8) is 0 Å². The number of hydrogen-bond donors (Lipinski definition) is 2. The van der Waals surface area contributed by atoms with E-state index >= 15 is 0 Å². The van der Waals surface area contributed by atoms with Crippen LogP contribution in [0.5, 0.6) is 0 Å². The van der Waals surface area contributed by atoms with Crippen molar-refractivity contribution in [2.24, 2.45) is 5.92 Å². The molecule has 4 nitrogen and oxygen atoms in total. The third-order valence-electron chi connectivity index (χ3n) is 3.62. The molecule has 0 aliphatic carbocycles. The largest absolute Gasteiger partial charge is 0.393 e. The molecule has 0 saturated carbocycles. The summed E-state index contributed by atoms with van der Waals surface area (Å²) in [4.78, 5) is 14.2. The fourth-order valence-corrected chi connectivity index (χ4v) is 2.10. The van der Waals surface area contributed by atoms with E-state index in [1.54, 1.807) is 0 Å². The van der Waals surface area contributed by atoms with E-state index in [4.69, 9.17) is 0 Å². The minimum atomic E-state index is -0.365. The maximum atomic E-state index is 12.0. The first-order chi connectivity index (χ1) is 9.95. The molecule has 0 heterocycles. The molecule has 1 unspecified atom stereocenters. The van der Waals surface area contributed by atoms with Crippen molar-refractivity contribution < 1.29 is 9.90 Å². The number of rotatable bonds is 8. The van der Waals surface area contributed by atoms with Gasteiger partial charge in [0.05, 0.1) is 6.10 Å². The summed E-state index contributed by atoms with van der Waals surface area (Å²) in [5.41, 5.74) is 1.77. The summed E-state index contributed by atoms with van der Waals surface area (Å²) in [7, 11) is 2.05. The number of hydrogen-bond acceptors (Lipinski definition) is 3. The summed E-state index contributed by atoms with van der Waals surface area (Å²) in [5.74, 6) is 0.130. The zero-order chi connectivity index (χ0) is 15.8. The molecule has 0 aliphatic rings. The molecule has 1 rings (SSSR count). The number of benzene rings is 1. The lowest BCUT2D eigenvalue weighted by atomic mass is 10.0. The van der Waals surface area contributed by atoms with Crippen molar-refractivity contribution in [2.45, 2.75) is 39.7 Å². The molecule has 1 aromatic carbocycles. The first-order valence-corrected chi connectivity index (χ1v) is 7.73. The van der Waals surface area contributed by atoms with Crippen LogP contribution in [0, 0.1) is 5.92 Å². The molecular weight excluding hydrogens is 264 g/mol. The maximum absolute atomic E-state index is 12.0. The van der Waals surface area contributed by atoms with Crippen molar-refractivity contribution in [1.29, 1.82) is 0 Å². The first-order valence-electron chi connectivity index (χ1n) is 7.73. The van der Waals surface area contributed by atoms with Gasteiger partial charge in [-0.05, 0) is 43.0 Å². The van der Waals surface area contributed by atoms with Crippen molar-refractivity contribution in [2.75, 3.05) is 25.0 Å². The van der Waals surface area contributed by atoms with Crippen LogP contribution in [0.4, 0.5) is 5.69 Å². The summed E-state index contributed by atoms with van der Waals surface area (Å²) in [6, 6.07) is 7.62. The number of anilines is 1. The van der Waals surface area contributed by atoms with Crippen LogP contribution in [0.25, 0.3) is 0 Å². The van der Waals surface area contributed by atoms with E-state index in [-0.39, 0.29) is 17.9 Å². The molecule has 1 aromatic rings.